The van der Waals surface area contributed by atoms with E-state index in [0.29, 0.717) is 42.5 Å². The van der Waals surface area contributed by atoms with Crippen LogP contribution in [0.15, 0.2) is 42.5 Å². The number of anilines is 1. The first kappa shape index (κ1) is 21.6. The first-order valence-electron chi connectivity index (χ1n) is 9.16. The number of halogens is 1. The second-order valence-electron chi connectivity index (χ2n) is 6.18. The molecule has 0 saturated heterocycles. The topological polar surface area (TPSA) is 76.7 Å². The van der Waals surface area contributed by atoms with Crippen molar-refractivity contribution in [2.24, 2.45) is 0 Å². The van der Waals surface area contributed by atoms with Crippen LogP contribution in [0.5, 0.6) is 11.5 Å². The summed E-state index contributed by atoms with van der Waals surface area (Å²) in [6.07, 6.45) is 0.948. The summed E-state index contributed by atoms with van der Waals surface area (Å²) in [5, 5.41) is 6.15. The smallest absolute Gasteiger partial charge is 0.257 e. The average Bonchev–Trinajstić information content (AvgIpc) is 2.66. The molecule has 2 rings (SSSR count). The van der Waals surface area contributed by atoms with Crippen molar-refractivity contribution < 1.29 is 19.1 Å². The van der Waals surface area contributed by atoms with E-state index in [1.807, 2.05) is 26.0 Å². The second kappa shape index (κ2) is 11.2. The van der Waals surface area contributed by atoms with Gasteiger partial charge in [-0.05, 0) is 68.3 Å². The Morgan fingerprint density at radius 3 is 2.46 bits per heavy atom. The fourth-order valence-electron chi connectivity index (χ4n) is 2.44. The molecule has 2 aromatic carbocycles. The van der Waals surface area contributed by atoms with Crippen molar-refractivity contribution in [3.05, 3.63) is 53.1 Å². The molecule has 150 valence electrons. The molecule has 0 fully saturated rings. The lowest BCUT2D eigenvalue weighted by Crippen LogP contribution is -2.28. The molecule has 0 aliphatic rings. The van der Waals surface area contributed by atoms with Crippen LogP contribution in [-0.4, -0.2) is 31.6 Å². The van der Waals surface area contributed by atoms with Crippen molar-refractivity contribution in [3.8, 4) is 11.5 Å². The lowest BCUT2D eigenvalue weighted by Gasteiger charge is -2.10. The number of nitrogens with one attached hydrogen (secondary N) is 2. The molecule has 0 bridgehead atoms. The van der Waals surface area contributed by atoms with E-state index < -0.39 is 0 Å². The Balaban J connectivity index is 1.69. The minimum Gasteiger partial charge on any atom is -0.493 e. The van der Waals surface area contributed by atoms with Gasteiger partial charge in [0.05, 0.1) is 6.61 Å². The maximum Gasteiger partial charge on any atom is 0.257 e. The van der Waals surface area contributed by atoms with E-state index in [4.69, 9.17) is 21.1 Å². The molecular weight excluding hydrogens is 380 g/mol. The van der Waals surface area contributed by atoms with Crippen LogP contribution in [0.3, 0.4) is 0 Å². The summed E-state index contributed by atoms with van der Waals surface area (Å²) in [6.45, 7) is 4.75. The van der Waals surface area contributed by atoms with Crippen molar-refractivity contribution in [2.75, 3.05) is 25.1 Å². The van der Waals surface area contributed by atoms with Crippen LogP contribution in [-0.2, 0) is 9.59 Å². The van der Waals surface area contributed by atoms with E-state index >= 15 is 0 Å². The third-order valence-corrected chi connectivity index (χ3v) is 4.06. The molecule has 0 aliphatic heterocycles. The number of hydrogen-bond donors (Lipinski definition) is 2. The van der Waals surface area contributed by atoms with Crippen LogP contribution < -0.4 is 20.1 Å². The lowest BCUT2D eigenvalue weighted by atomic mass is 10.2. The quantitative estimate of drug-likeness (QED) is 0.587. The molecule has 0 radical (unpaired) electrons. The molecule has 2 N–H and O–H groups in total. The molecular formula is C21H25ClN2O4. The average molecular weight is 405 g/mol. The van der Waals surface area contributed by atoms with Gasteiger partial charge < -0.3 is 20.1 Å². The fraction of sp³-hybridized carbons (Fsp3) is 0.333. The number of likely N-dealkylation sites (N-methyl/N-ethyl adjacent to an activating group) is 1. The summed E-state index contributed by atoms with van der Waals surface area (Å²) < 4.78 is 11.1. The molecule has 0 aromatic heterocycles. The summed E-state index contributed by atoms with van der Waals surface area (Å²) in [5.74, 6) is 1.08. The third-order valence-electron chi connectivity index (χ3n) is 3.82. The highest BCUT2D eigenvalue weighted by Gasteiger charge is 2.05. The Morgan fingerprint density at radius 2 is 1.79 bits per heavy atom. The highest BCUT2D eigenvalue weighted by Crippen LogP contribution is 2.22. The van der Waals surface area contributed by atoms with Gasteiger partial charge in [-0.2, -0.15) is 0 Å². The lowest BCUT2D eigenvalue weighted by molar-refractivity contribution is -0.123. The number of carbonyl (C=O) groups is 2. The van der Waals surface area contributed by atoms with Gasteiger partial charge in [-0.1, -0.05) is 11.6 Å². The molecule has 0 heterocycles. The van der Waals surface area contributed by atoms with Crippen LogP contribution in [0.2, 0.25) is 5.02 Å². The van der Waals surface area contributed by atoms with Crippen molar-refractivity contribution >= 4 is 29.1 Å². The van der Waals surface area contributed by atoms with Crippen molar-refractivity contribution in [2.45, 2.75) is 26.7 Å². The van der Waals surface area contributed by atoms with Gasteiger partial charge in [0.15, 0.2) is 6.61 Å². The Hall–Kier alpha value is -2.73. The number of rotatable bonds is 10. The van der Waals surface area contributed by atoms with Gasteiger partial charge in [0.1, 0.15) is 11.5 Å². The number of hydrogen-bond acceptors (Lipinski definition) is 4. The second-order valence-corrected chi connectivity index (χ2v) is 6.61. The van der Waals surface area contributed by atoms with Gasteiger partial charge >= 0.3 is 0 Å². The van der Waals surface area contributed by atoms with Gasteiger partial charge in [-0.15, -0.1) is 0 Å². The van der Waals surface area contributed by atoms with Crippen molar-refractivity contribution in [1.82, 2.24) is 5.32 Å². The van der Waals surface area contributed by atoms with Gasteiger partial charge in [0, 0.05) is 23.7 Å². The normalized spacial score (nSPS) is 10.2. The molecule has 2 amide bonds. The maximum atomic E-state index is 12.0. The van der Waals surface area contributed by atoms with Crippen LogP contribution in [0, 0.1) is 6.92 Å². The number of aryl methyl sites for hydroxylation is 1. The maximum absolute atomic E-state index is 12.0. The predicted octanol–water partition coefficient (Wildman–Crippen LogP) is 3.96. The molecule has 0 spiro atoms. The van der Waals surface area contributed by atoms with Gasteiger partial charge in [-0.3, -0.25) is 9.59 Å². The molecule has 28 heavy (non-hydrogen) atoms. The highest BCUT2D eigenvalue weighted by atomic mass is 35.5. The zero-order chi connectivity index (χ0) is 20.4. The van der Waals surface area contributed by atoms with Crippen LogP contribution >= 0.6 is 11.6 Å². The Bertz CT molecular complexity index is 793. The minimum absolute atomic E-state index is 0.0351. The number of carbonyl (C=O) groups excluding carboxylic acids is 2. The number of amides is 2. The summed E-state index contributed by atoms with van der Waals surface area (Å²) in [7, 11) is 0. The van der Waals surface area contributed by atoms with E-state index in [1.54, 1.807) is 30.3 Å². The summed E-state index contributed by atoms with van der Waals surface area (Å²) in [6, 6.07) is 12.3. The first-order valence-corrected chi connectivity index (χ1v) is 9.54. The standard InChI is InChI=1S/C21H25ClN2O4/c1-3-23-21(26)14-28-18-9-7-17(8-10-18)24-20(25)5-4-12-27-19-11-6-16(22)13-15(19)2/h6-11,13H,3-5,12,14H2,1-2H3,(H,23,26)(H,24,25). The first-order chi connectivity index (χ1) is 13.5. The van der Waals surface area contributed by atoms with Crippen molar-refractivity contribution in [1.29, 1.82) is 0 Å². The molecule has 0 saturated carbocycles. The predicted molar refractivity (Wildman–Crippen MR) is 110 cm³/mol. The largest absolute Gasteiger partial charge is 0.493 e. The fourth-order valence-corrected chi connectivity index (χ4v) is 2.67. The third kappa shape index (κ3) is 7.48. The Kier molecular flexibility index (Phi) is 8.62. The van der Waals surface area contributed by atoms with E-state index in [2.05, 4.69) is 10.6 Å². The number of benzene rings is 2. The molecule has 7 heteroatoms. The number of ether oxygens (including phenoxy) is 2. The van der Waals surface area contributed by atoms with Gasteiger partial charge in [0.2, 0.25) is 5.91 Å². The van der Waals surface area contributed by atoms with E-state index in [0.717, 1.165) is 11.3 Å². The van der Waals surface area contributed by atoms with Crippen LogP contribution in [0.25, 0.3) is 0 Å². The van der Waals surface area contributed by atoms with Crippen molar-refractivity contribution in [3.63, 3.8) is 0 Å². The molecule has 6 nitrogen and oxygen atoms in total. The zero-order valence-electron chi connectivity index (χ0n) is 16.1. The molecule has 0 aliphatic carbocycles. The zero-order valence-corrected chi connectivity index (χ0v) is 16.8. The Morgan fingerprint density at radius 1 is 1.04 bits per heavy atom. The molecule has 2 aromatic rings. The Labute approximate surface area is 170 Å². The van der Waals surface area contributed by atoms with E-state index in [9.17, 15) is 9.59 Å². The van der Waals surface area contributed by atoms with E-state index in [1.165, 1.54) is 0 Å². The minimum atomic E-state index is -0.170. The van der Waals surface area contributed by atoms with Crippen LogP contribution in [0.1, 0.15) is 25.3 Å². The summed E-state index contributed by atoms with van der Waals surface area (Å²) in [4.78, 5) is 23.4. The highest BCUT2D eigenvalue weighted by molar-refractivity contribution is 6.30. The molecule has 0 atom stereocenters. The molecule has 0 unspecified atom stereocenters. The SMILES string of the molecule is CCNC(=O)COc1ccc(NC(=O)CCCOc2ccc(Cl)cc2C)cc1. The van der Waals surface area contributed by atoms with Gasteiger partial charge in [-0.25, -0.2) is 0 Å². The monoisotopic (exact) mass is 404 g/mol. The van der Waals surface area contributed by atoms with E-state index in [-0.39, 0.29) is 18.4 Å². The summed E-state index contributed by atoms with van der Waals surface area (Å²) >= 11 is 5.92. The summed E-state index contributed by atoms with van der Waals surface area (Å²) in [5.41, 5.74) is 1.64. The van der Waals surface area contributed by atoms with Gasteiger partial charge in [0.25, 0.3) is 5.91 Å². The van der Waals surface area contributed by atoms with Crippen LogP contribution in [0.4, 0.5) is 5.69 Å².